The van der Waals surface area contributed by atoms with Gasteiger partial charge in [-0.05, 0) is 6.42 Å². The molecule has 0 spiro atoms. The van der Waals surface area contributed by atoms with E-state index in [0.717, 1.165) is 0 Å². The second-order valence-corrected chi connectivity index (χ2v) is 4.34. The van der Waals surface area contributed by atoms with Crippen LogP contribution in [-0.4, -0.2) is 22.2 Å². The molecule has 1 N–H and O–H groups in total. The number of piperidine rings is 1. The second kappa shape index (κ2) is 4.43. The van der Waals surface area contributed by atoms with Crippen molar-refractivity contribution in [3.63, 3.8) is 0 Å². The first-order valence-electron chi connectivity index (χ1n) is 4.79. The Morgan fingerprint density at radius 2 is 2.19 bits per heavy atom. The molecular formula is C9H9Cl2N3O2. The van der Waals surface area contributed by atoms with Gasteiger partial charge in [-0.1, -0.05) is 23.2 Å². The molecule has 1 atom stereocenters. The van der Waals surface area contributed by atoms with Gasteiger partial charge in [0.25, 0.3) is 5.56 Å². The van der Waals surface area contributed by atoms with Gasteiger partial charge in [0.05, 0.1) is 17.3 Å². The summed E-state index contributed by atoms with van der Waals surface area (Å²) < 4.78 is 1.23. The molecule has 1 aromatic heterocycles. The van der Waals surface area contributed by atoms with Crippen LogP contribution in [0.3, 0.4) is 0 Å². The molecule has 0 bridgehead atoms. The maximum absolute atomic E-state index is 11.7. The number of halogens is 2. The number of aromatic nitrogens is 2. The van der Waals surface area contributed by atoms with Crippen molar-refractivity contribution in [3.05, 3.63) is 26.6 Å². The van der Waals surface area contributed by atoms with E-state index in [4.69, 9.17) is 23.2 Å². The van der Waals surface area contributed by atoms with Gasteiger partial charge in [-0.25, -0.2) is 4.68 Å². The van der Waals surface area contributed by atoms with E-state index in [9.17, 15) is 9.59 Å². The third-order valence-electron chi connectivity index (χ3n) is 2.47. The maximum atomic E-state index is 11.7. The Hall–Kier alpha value is -1.07. The Balaban J connectivity index is 2.37. The van der Waals surface area contributed by atoms with Crippen LogP contribution in [-0.2, 0) is 4.79 Å². The Morgan fingerprint density at radius 3 is 2.88 bits per heavy atom. The van der Waals surface area contributed by atoms with Crippen molar-refractivity contribution in [3.8, 4) is 0 Å². The molecule has 1 saturated heterocycles. The first kappa shape index (κ1) is 11.4. The van der Waals surface area contributed by atoms with E-state index in [1.54, 1.807) is 0 Å². The Morgan fingerprint density at radius 1 is 1.44 bits per heavy atom. The van der Waals surface area contributed by atoms with Crippen molar-refractivity contribution in [1.29, 1.82) is 0 Å². The summed E-state index contributed by atoms with van der Waals surface area (Å²) in [6.45, 7) is 0.540. The lowest BCUT2D eigenvalue weighted by Crippen LogP contribution is -2.39. The second-order valence-electron chi connectivity index (χ2n) is 3.55. The minimum atomic E-state index is -0.450. The highest BCUT2D eigenvalue weighted by Gasteiger charge is 2.23. The zero-order chi connectivity index (χ0) is 11.7. The van der Waals surface area contributed by atoms with E-state index >= 15 is 0 Å². The monoisotopic (exact) mass is 261 g/mol. The molecule has 7 heteroatoms. The van der Waals surface area contributed by atoms with Crippen molar-refractivity contribution in [2.75, 3.05) is 6.54 Å². The van der Waals surface area contributed by atoms with E-state index in [1.807, 2.05) is 0 Å². The fourth-order valence-electron chi connectivity index (χ4n) is 1.66. The van der Waals surface area contributed by atoms with Gasteiger partial charge in [-0.3, -0.25) is 9.59 Å². The van der Waals surface area contributed by atoms with Gasteiger partial charge in [0.2, 0.25) is 5.91 Å². The van der Waals surface area contributed by atoms with Crippen LogP contribution < -0.4 is 10.9 Å². The number of amides is 1. The summed E-state index contributed by atoms with van der Waals surface area (Å²) in [5, 5.41) is 6.67. The van der Waals surface area contributed by atoms with Gasteiger partial charge in [0, 0.05) is 13.0 Å². The van der Waals surface area contributed by atoms with Crippen molar-refractivity contribution < 1.29 is 4.79 Å². The largest absolute Gasteiger partial charge is 0.356 e. The average molecular weight is 262 g/mol. The minimum absolute atomic E-state index is 0.0531. The highest BCUT2D eigenvalue weighted by atomic mass is 35.5. The van der Waals surface area contributed by atoms with E-state index in [1.165, 1.54) is 10.9 Å². The topological polar surface area (TPSA) is 64.0 Å². The third-order valence-corrected chi connectivity index (χ3v) is 3.22. The quantitative estimate of drug-likeness (QED) is 0.821. The molecule has 16 heavy (non-hydrogen) atoms. The Bertz CT molecular complexity index is 486. The lowest BCUT2D eigenvalue weighted by atomic mass is 10.1. The predicted octanol–water partition coefficient (Wildman–Crippen LogP) is 1.00. The van der Waals surface area contributed by atoms with E-state index < -0.39 is 5.56 Å². The third kappa shape index (κ3) is 2.05. The van der Waals surface area contributed by atoms with Crippen LogP contribution in [0, 0.1) is 0 Å². The van der Waals surface area contributed by atoms with E-state index in [-0.39, 0.29) is 28.4 Å². The summed E-state index contributed by atoms with van der Waals surface area (Å²) in [4.78, 5) is 22.9. The molecular weight excluding hydrogens is 253 g/mol. The van der Waals surface area contributed by atoms with Crippen LogP contribution in [0.1, 0.15) is 18.9 Å². The van der Waals surface area contributed by atoms with Crippen LogP contribution in [0.15, 0.2) is 11.0 Å². The van der Waals surface area contributed by atoms with E-state index in [0.29, 0.717) is 13.0 Å². The fraction of sp³-hybridized carbons (Fsp3) is 0.444. The summed E-state index contributed by atoms with van der Waals surface area (Å²) in [5.74, 6) is -0.0870. The number of hydrogen-bond donors (Lipinski definition) is 1. The first-order chi connectivity index (χ1) is 7.59. The molecule has 86 valence electrons. The molecule has 1 fully saturated rings. The zero-order valence-corrected chi connectivity index (χ0v) is 9.75. The maximum Gasteiger partial charge on any atom is 0.287 e. The minimum Gasteiger partial charge on any atom is -0.356 e. The number of nitrogens with one attached hydrogen (secondary N) is 1. The van der Waals surface area contributed by atoms with Crippen molar-refractivity contribution in [1.82, 2.24) is 15.1 Å². The standard InChI is InChI=1S/C9H9Cl2N3O2/c10-6-4-13-14(9(16)8(6)11)5-1-2-12-7(15)3-5/h4-5H,1-3H2,(H,12,15). The Labute approximate surface area is 101 Å². The zero-order valence-electron chi connectivity index (χ0n) is 8.24. The lowest BCUT2D eigenvalue weighted by Gasteiger charge is -2.22. The van der Waals surface area contributed by atoms with Gasteiger partial charge in [-0.15, -0.1) is 0 Å². The van der Waals surface area contributed by atoms with Gasteiger partial charge in [0.15, 0.2) is 0 Å². The predicted molar refractivity (Wildman–Crippen MR) is 59.8 cm³/mol. The van der Waals surface area contributed by atoms with Gasteiger partial charge < -0.3 is 5.32 Å². The van der Waals surface area contributed by atoms with E-state index in [2.05, 4.69) is 10.4 Å². The van der Waals surface area contributed by atoms with Crippen molar-refractivity contribution in [2.45, 2.75) is 18.9 Å². The SMILES string of the molecule is O=C1CC(n2ncc(Cl)c(Cl)c2=O)CCN1. The molecule has 2 heterocycles. The molecule has 0 radical (unpaired) electrons. The summed E-state index contributed by atoms with van der Waals surface area (Å²) in [6.07, 6.45) is 2.22. The summed E-state index contributed by atoms with van der Waals surface area (Å²) in [7, 11) is 0. The molecule has 1 aromatic rings. The number of nitrogens with zero attached hydrogens (tertiary/aromatic N) is 2. The number of rotatable bonds is 1. The van der Waals surface area contributed by atoms with Crippen LogP contribution in [0.5, 0.6) is 0 Å². The average Bonchev–Trinajstić information content (AvgIpc) is 2.26. The summed E-state index contributed by atoms with van der Waals surface area (Å²) in [5.41, 5.74) is -0.450. The molecule has 1 aliphatic heterocycles. The molecule has 0 aliphatic carbocycles. The first-order valence-corrected chi connectivity index (χ1v) is 5.54. The van der Waals surface area contributed by atoms with Crippen LogP contribution in [0.4, 0.5) is 0 Å². The van der Waals surface area contributed by atoms with Crippen molar-refractivity contribution in [2.24, 2.45) is 0 Å². The van der Waals surface area contributed by atoms with Gasteiger partial charge >= 0.3 is 0 Å². The Kier molecular flexibility index (Phi) is 3.16. The van der Waals surface area contributed by atoms with Crippen molar-refractivity contribution >= 4 is 29.1 Å². The summed E-state index contributed by atoms with van der Waals surface area (Å²) >= 11 is 11.4. The summed E-state index contributed by atoms with van der Waals surface area (Å²) in [6, 6.07) is -0.240. The molecule has 2 rings (SSSR count). The molecule has 0 aromatic carbocycles. The highest BCUT2D eigenvalue weighted by Crippen LogP contribution is 2.20. The number of carbonyl (C=O) groups is 1. The number of hydrogen-bond acceptors (Lipinski definition) is 3. The molecule has 5 nitrogen and oxygen atoms in total. The molecule has 1 amide bonds. The highest BCUT2D eigenvalue weighted by molar-refractivity contribution is 6.41. The normalized spacial score (nSPS) is 20.6. The smallest absolute Gasteiger partial charge is 0.287 e. The van der Waals surface area contributed by atoms with Gasteiger partial charge in [0.1, 0.15) is 5.02 Å². The van der Waals surface area contributed by atoms with Crippen LogP contribution in [0.2, 0.25) is 10.0 Å². The molecule has 1 unspecified atom stereocenters. The fourth-order valence-corrected chi connectivity index (χ4v) is 1.92. The number of carbonyl (C=O) groups excluding carboxylic acids is 1. The lowest BCUT2D eigenvalue weighted by molar-refractivity contribution is -0.123. The van der Waals surface area contributed by atoms with Gasteiger partial charge in [-0.2, -0.15) is 5.10 Å². The molecule has 1 aliphatic rings. The van der Waals surface area contributed by atoms with Crippen LogP contribution in [0.25, 0.3) is 0 Å². The molecule has 0 saturated carbocycles. The van der Waals surface area contributed by atoms with Crippen LogP contribution >= 0.6 is 23.2 Å².